The Morgan fingerprint density at radius 2 is 1.92 bits per heavy atom. The molecule has 1 aromatic heterocycles. The number of nitrogens with zero attached hydrogens (tertiary/aromatic N) is 2. The van der Waals surface area contributed by atoms with Crippen LogP contribution in [0.25, 0.3) is 5.69 Å². The molecule has 0 saturated heterocycles. The first-order valence-electron chi connectivity index (χ1n) is 8.01. The number of nitrogens with two attached hydrogens (primary N) is 1. The number of aromatic nitrogens is 2. The van der Waals surface area contributed by atoms with E-state index in [0.29, 0.717) is 18.5 Å². The third-order valence-electron chi connectivity index (χ3n) is 3.82. The maximum atomic E-state index is 12.1. The van der Waals surface area contributed by atoms with E-state index in [0.717, 1.165) is 11.3 Å². The second kappa shape index (κ2) is 7.84. The molecule has 7 heteroatoms. The monoisotopic (exact) mass is 368 g/mol. The quantitative estimate of drug-likeness (QED) is 0.700. The maximum Gasteiger partial charge on any atom is 0.250 e. The number of carbonyl (C=O) groups is 2. The van der Waals surface area contributed by atoms with E-state index in [4.69, 9.17) is 17.3 Å². The van der Waals surface area contributed by atoms with Crippen molar-refractivity contribution in [3.05, 3.63) is 77.1 Å². The van der Waals surface area contributed by atoms with Crippen LogP contribution in [-0.4, -0.2) is 21.6 Å². The molecular weight excluding hydrogens is 352 g/mol. The van der Waals surface area contributed by atoms with Gasteiger partial charge in [-0.25, -0.2) is 4.68 Å². The maximum absolute atomic E-state index is 12.1. The van der Waals surface area contributed by atoms with Crippen LogP contribution < -0.4 is 11.1 Å². The van der Waals surface area contributed by atoms with E-state index in [1.807, 2.05) is 36.5 Å². The van der Waals surface area contributed by atoms with E-state index < -0.39 is 5.91 Å². The molecule has 0 fully saturated rings. The molecule has 6 nitrogen and oxygen atoms in total. The lowest BCUT2D eigenvalue weighted by atomic mass is 10.1. The summed E-state index contributed by atoms with van der Waals surface area (Å²) in [5.41, 5.74) is 7.87. The summed E-state index contributed by atoms with van der Waals surface area (Å²) in [7, 11) is 0. The minimum atomic E-state index is -0.608. The molecule has 2 amide bonds. The number of anilines is 1. The normalized spacial score (nSPS) is 10.5. The third kappa shape index (κ3) is 4.29. The largest absolute Gasteiger partial charge is 0.366 e. The molecule has 3 N–H and O–H groups in total. The summed E-state index contributed by atoms with van der Waals surface area (Å²) in [5, 5.41) is 7.27. The van der Waals surface area contributed by atoms with Crippen LogP contribution >= 0.6 is 11.6 Å². The highest BCUT2D eigenvalue weighted by atomic mass is 35.5. The van der Waals surface area contributed by atoms with E-state index in [-0.39, 0.29) is 16.5 Å². The van der Waals surface area contributed by atoms with Crippen molar-refractivity contribution in [2.75, 3.05) is 5.32 Å². The second-order valence-corrected chi connectivity index (χ2v) is 6.14. The van der Waals surface area contributed by atoms with Gasteiger partial charge in [0, 0.05) is 18.3 Å². The number of amides is 2. The summed E-state index contributed by atoms with van der Waals surface area (Å²) in [5.74, 6) is -0.761. The Kier molecular flexibility index (Phi) is 5.34. The van der Waals surface area contributed by atoms with Crippen LogP contribution in [0, 0.1) is 0 Å². The van der Waals surface area contributed by atoms with Crippen LogP contribution in [0.4, 0.5) is 5.69 Å². The molecule has 0 radical (unpaired) electrons. The number of hydrogen-bond donors (Lipinski definition) is 2. The number of nitrogens with one attached hydrogen (secondary N) is 1. The molecular formula is C19H17ClN4O2. The van der Waals surface area contributed by atoms with Gasteiger partial charge in [0.15, 0.2) is 0 Å². The first kappa shape index (κ1) is 17.7. The Balaban J connectivity index is 1.57. The molecule has 3 aromatic rings. The molecule has 0 spiro atoms. The van der Waals surface area contributed by atoms with Crippen LogP contribution in [0.1, 0.15) is 22.3 Å². The Labute approximate surface area is 155 Å². The Hall–Kier alpha value is -3.12. The topological polar surface area (TPSA) is 90.0 Å². The van der Waals surface area contributed by atoms with E-state index in [1.54, 1.807) is 16.9 Å². The van der Waals surface area contributed by atoms with Crippen LogP contribution in [-0.2, 0) is 11.2 Å². The van der Waals surface area contributed by atoms with Gasteiger partial charge in [0.25, 0.3) is 0 Å². The van der Waals surface area contributed by atoms with Crippen molar-refractivity contribution in [1.82, 2.24) is 9.78 Å². The number of primary amides is 1. The Morgan fingerprint density at radius 1 is 1.15 bits per heavy atom. The van der Waals surface area contributed by atoms with E-state index >= 15 is 0 Å². The average molecular weight is 369 g/mol. The van der Waals surface area contributed by atoms with Gasteiger partial charge in [0.1, 0.15) is 0 Å². The Morgan fingerprint density at radius 3 is 2.62 bits per heavy atom. The lowest BCUT2D eigenvalue weighted by Gasteiger charge is -2.07. The van der Waals surface area contributed by atoms with Gasteiger partial charge < -0.3 is 11.1 Å². The van der Waals surface area contributed by atoms with Gasteiger partial charge in [0.2, 0.25) is 11.8 Å². The van der Waals surface area contributed by atoms with Gasteiger partial charge in [0.05, 0.1) is 22.5 Å². The van der Waals surface area contributed by atoms with Crippen molar-refractivity contribution in [2.45, 2.75) is 12.8 Å². The van der Waals surface area contributed by atoms with Crippen molar-refractivity contribution >= 4 is 29.1 Å². The molecule has 0 saturated carbocycles. The first-order chi connectivity index (χ1) is 12.5. The molecule has 0 atom stereocenters. The zero-order valence-corrected chi connectivity index (χ0v) is 14.6. The molecule has 1 heterocycles. The molecule has 0 bridgehead atoms. The van der Waals surface area contributed by atoms with Crippen molar-refractivity contribution < 1.29 is 9.59 Å². The summed E-state index contributed by atoms with van der Waals surface area (Å²) in [4.78, 5) is 23.3. The number of aryl methyl sites for hydroxylation is 1. The van der Waals surface area contributed by atoms with Crippen molar-refractivity contribution in [2.24, 2.45) is 5.73 Å². The number of hydrogen-bond acceptors (Lipinski definition) is 3. The number of carbonyl (C=O) groups excluding carboxylic acids is 2. The first-order valence-corrected chi connectivity index (χ1v) is 8.39. The predicted octanol–water partition coefficient (Wildman–Crippen LogP) is 3.20. The summed E-state index contributed by atoms with van der Waals surface area (Å²) < 4.78 is 1.77. The number of benzene rings is 2. The highest BCUT2D eigenvalue weighted by molar-refractivity contribution is 6.34. The predicted molar refractivity (Wildman–Crippen MR) is 100 cm³/mol. The number of para-hydroxylation sites is 1. The van der Waals surface area contributed by atoms with Gasteiger partial charge >= 0.3 is 0 Å². The van der Waals surface area contributed by atoms with Gasteiger partial charge in [-0.3, -0.25) is 9.59 Å². The molecule has 0 aliphatic carbocycles. The van der Waals surface area contributed by atoms with Gasteiger partial charge in [-0.2, -0.15) is 5.10 Å². The van der Waals surface area contributed by atoms with Crippen molar-refractivity contribution in [3.8, 4) is 5.69 Å². The van der Waals surface area contributed by atoms with Gasteiger partial charge in [-0.15, -0.1) is 0 Å². The third-order valence-corrected chi connectivity index (χ3v) is 4.13. The van der Waals surface area contributed by atoms with Crippen molar-refractivity contribution in [3.63, 3.8) is 0 Å². The zero-order valence-electron chi connectivity index (χ0n) is 13.9. The van der Waals surface area contributed by atoms with Crippen LogP contribution in [0.15, 0.2) is 60.9 Å². The SMILES string of the molecule is NC(=O)c1ccc(NC(=O)CCc2cnn(-c3ccccc3)c2)cc1Cl. The summed E-state index contributed by atoms with van der Waals surface area (Å²) in [6, 6.07) is 14.3. The molecule has 0 aliphatic heterocycles. The second-order valence-electron chi connectivity index (χ2n) is 5.74. The average Bonchev–Trinajstić information content (AvgIpc) is 3.09. The fourth-order valence-corrected chi connectivity index (χ4v) is 2.76. The molecule has 132 valence electrons. The van der Waals surface area contributed by atoms with Crippen molar-refractivity contribution in [1.29, 1.82) is 0 Å². The summed E-state index contributed by atoms with van der Waals surface area (Å²) in [6.45, 7) is 0. The minimum Gasteiger partial charge on any atom is -0.366 e. The van der Waals surface area contributed by atoms with Gasteiger partial charge in [-0.05, 0) is 42.3 Å². The smallest absolute Gasteiger partial charge is 0.250 e. The lowest BCUT2D eigenvalue weighted by molar-refractivity contribution is -0.116. The highest BCUT2D eigenvalue weighted by Crippen LogP contribution is 2.21. The van der Waals surface area contributed by atoms with Crippen LogP contribution in [0.2, 0.25) is 5.02 Å². The fourth-order valence-electron chi connectivity index (χ4n) is 2.49. The fraction of sp³-hybridized carbons (Fsp3) is 0.105. The molecule has 0 aliphatic rings. The summed E-state index contributed by atoms with van der Waals surface area (Å²) >= 11 is 5.98. The van der Waals surface area contributed by atoms with E-state index in [2.05, 4.69) is 10.4 Å². The molecule has 3 rings (SSSR count). The molecule has 0 unspecified atom stereocenters. The number of halogens is 1. The zero-order chi connectivity index (χ0) is 18.5. The highest BCUT2D eigenvalue weighted by Gasteiger charge is 2.10. The van der Waals surface area contributed by atoms with E-state index in [1.165, 1.54) is 12.1 Å². The van der Waals surface area contributed by atoms with Crippen LogP contribution in [0.3, 0.4) is 0 Å². The van der Waals surface area contributed by atoms with Gasteiger partial charge in [-0.1, -0.05) is 29.8 Å². The molecule has 26 heavy (non-hydrogen) atoms. The number of rotatable bonds is 6. The minimum absolute atomic E-state index is 0.152. The standard InChI is InChI=1S/C19H17ClN4O2/c20-17-10-14(7-8-16(17)19(21)26)23-18(25)9-6-13-11-22-24(12-13)15-4-2-1-3-5-15/h1-5,7-8,10-12H,6,9H2,(H2,21,26)(H,23,25). The molecule has 2 aromatic carbocycles. The Bertz CT molecular complexity index is 938. The summed E-state index contributed by atoms with van der Waals surface area (Å²) in [6.07, 6.45) is 4.52. The van der Waals surface area contributed by atoms with E-state index in [9.17, 15) is 9.59 Å². The lowest BCUT2D eigenvalue weighted by Crippen LogP contribution is -2.14. The van der Waals surface area contributed by atoms with Crippen LogP contribution in [0.5, 0.6) is 0 Å².